The normalized spacial score (nSPS) is 17.8. The molecule has 3 nitrogen and oxygen atoms in total. The molecule has 0 atom stereocenters. The largest absolute Gasteiger partial charge is 0.444 e. The average molecular weight is 300 g/mol. The number of carbonyl (C=O) groups is 1. The summed E-state index contributed by atoms with van der Waals surface area (Å²) in [4.78, 5) is 14.0. The van der Waals surface area contributed by atoms with Crippen molar-refractivity contribution in [3.8, 4) is 0 Å². The van der Waals surface area contributed by atoms with Crippen molar-refractivity contribution in [2.45, 2.75) is 44.6 Å². The third kappa shape index (κ3) is 3.12. The Morgan fingerprint density at radius 2 is 1.94 bits per heavy atom. The van der Waals surface area contributed by atoms with Crippen LogP contribution in [0.5, 0.6) is 0 Å². The molecule has 94 valence electrons. The summed E-state index contributed by atoms with van der Waals surface area (Å²) in [7, 11) is 1.88. The van der Waals surface area contributed by atoms with Crippen molar-refractivity contribution in [3.63, 3.8) is 0 Å². The average Bonchev–Trinajstić information content (AvgIpc) is 2.60. The van der Waals surface area contributed by atoms with Crippen LogP contribution in [0.3, 0.4) is 0 Å². The van der Waals surface area contributed by atoms with E-state index in [2.05, 4.69) is 15.9 Å². The van der Waals surface area contributed by atoms with Crippen molar-refractivity contribution in [1.29, 1.82) is 0 Å². The number of carbonyl (C=O) groups excluding carboxylic acids is 1. The smallest absolute Gasteiger partial charge is 0.289 e. The van der Waals surface area contributed by atoms with Crippen LogP contribution in [0.4, 0.5) is 0 Å². The number of hydrogen-bond acceptors (Lipinski definition) is 2. The quantitative estimate of drug-likeness (QED) is 0.778. The molecule has 0 bridgehead atoms. The molecule has 17 heavy (non-hydrogen) atoms. The van der Waals surface area contributed by atoms with E-state index in [4.69, 9.17) is 4.42 Å². The molecule has 4 heteroatoms. The van der Waals surface area contributed by atoms with E-state index >= 15 is 0 Å². The van der Waals surface area contributed by atoms with Gasteiger partial charge in [0.2, 0.25) is 0 Å². The van der Waals surface area contributed by atoms with Gasteiger partial charge >= 0.3 is 0 Å². The maximum absolute atomic E-state index is 12.2. The van der Waals surface area contributed by atoms with E-state index in [1.165, 1.54) is 25.7 Å². The van der Waals surface area contributed by atoms with Crippen molar-refractivity contribution in [2.75, 3.05) is 7.05 Å². The molecule has 0 radical (unpaired) electrons. The Kier molecular flexibility index (Phi) is 4.26. The van der Waals surface area contributed by atoms with Crippen LogP contribution in [-0.2, 0) is 0 Å². The van der Waals surface area contributed by atoms with E-state index in [1.807, 2.05) is 11.9 Å². The highest BCUT2D eigenvalue weighted by Crippen LogP contribution is 2.23. The van der Waals surface area contributed by atoms with Gasteiger partial charge in [0.05, 0.1) is 0 Å². The molecule has 1 saturated carbocycles. The summed E-state index contributed by atoms with van der Waals surface area (Å²) < 4.78 is 5.92. The fourth-order valence-corrected chi connectivity index (χ4v) is 2.72. The van der Waals surface area contributed by atoms with E-state index in [9.17, 15) is 4.79 Å². The maximum atomic E-state index is 12.2. The van der Waals surface area contributed by atoms with Crippen LogP contribution in [0.25, 0.3) is 0 Å². The molecule has 0 aromatic carbocycles. The van der Waals surface area contributed by atoms with Gasteiger partial charge in [0.15, 0.2) is 10.4 Å². The number of hydrogen-bond donors (Lipinski definition) is 0. The van der Waals surface area contributed by atoms with Gasteiger partial charge in [-0.2, -0.15) is 0 Å². The summed E-state index contributed by atoms with van der Waals surface area (Å²) >= 11 is 3.22. The summed E-state index contributed by atoms with van der Waals surface area (Å²) in [5.74, 6) is 0.409. The minimum absolute atomic E-state index is 0.0115. The minimum Gasteiger partial charge on any atom is -0.444 e. The summed E-state index contributed by atoms with van der Waals surface area (Å²) in [6.07, 6.45) is 7.28. The minimum atomic E-state index is -0.0115. The number of nitrogens with zero attached hydrogens (tertiary/aromatic N) is 1. The summed E-state index contributed by atoms with van der Waals surface area (Å²) in [5, 5.41) is 0. The van der Waals surface area contributed by atoms with Gasteiger partial charge in [-0.25, -0.2) is 0 Å². The van der Waals surface area contributed by atoms with E-state index in [-0.39, 0.29) is 5.91 Å². The van der Waals surface area contributed by atoms with Gasteiger partial charge < -0.3 is 9.32 Å². The molecule has 0 spiro atoms. The Bertz CT molecular complexity index is 381. The van der Waals surface area contributed by atoms with Crippen LogP contribution in [0.1, 0.15) is 49.1 Å². The van der Waals surface area contributed by atoms with Crippen molar-refractivity contribution in [3.05, 3.63) is 22.6 Å². The first-order valence-electron chi connectivity index (χ1n) is 6.21. The van der Waals surface area contributed by atoms with Gasteiger partial charge in [-0.15, -0.1) is 0 Å². The highest BCUT2D eigenvalue weighted by Gasteiger charge is 2.23. The van der Waals surface area contributed by atoms with E-state index < -0.39 is 0 Å². The molecule has 1 aliphatic carbocycles. The van der Waals surface area contributed by atoms with E-state index in [0.717, 1.165) is 12.8 Å². The molecule has 0 aliphatic heterocycles. The van der Waals surface area contributed by atoms with Crippen LogP contribution in [0.15, 0.2) is 21.2 Å². The van der Waals surface area contributed by atoms with Crippen LogP contribution < -0.4 is 0 Å². The molecule has 1 aliphatic rings. The monoisotopic (exact) mass is 299 g/mol. The van der Waals surface area contributed by atoms with Crippen molar-refractivity contribution in [2.24, 2.45) is 0 Å². The lowest BCUT2D eigenvalue weighted by Crippen LogP contribution is -2.36. The lowest BCUT2D eigenvalue weighted by atomic mass is 10.1. The van der Waals surface area contributed by atoms with Crippen LogP contribution in [-0.4, -0.2) is 23.9 Å². The zero-order valence-electron chi connectivity index (χ0n) is 10.1. The summed E-state index contributed by atoms with van der Waals surface area (Å²) in [6, 6.07) is 3.85. The van der Waals surface area contributed by atoms with Crippen LogP contribution in [0, 0.1) is 0 Å². The molecule has 1 heterocycles. The second kappa shape index (κ2) is 5.71. The Balaban J connectivity index is 2.03. The first kappa shape index (κ1) is 12.7. The molecule has 1 amide bonds. The predicted molar refractivity (Wildman–Crippen MR) is 70.0 cm³/mol. The molecular formula is C13H18BrNO2. The van der Waals surface area contributed by atoms with Gasteiger partial charge in [0.25, 0.3) is 5.91 Å². The Hall–Kier alpha value is -0.770. The second-order valence-electron chi connectivity index (χ2n) is 4.67. The lowest BCUT2D eigenvalue weighted by Gasteiger charge is -2.26. The molecule has 1 aromatic rings. The molecule has 2 rings (SSSR count). The fraction of sp³-hybridized carbons (Fsp3) is 0.615. The number of halogens is 1. The zero-order chi connectivity index (χ0) is 12.3. The first-order chi connectivity index (χ1) is 8.18. The van der Waals surface area contributed by atoms with Crippen molar-refractivity contribution >= 4 is 21.8 Å². The topological polar surface area (TPSA) is 33.5 Å². The van der Waals surface area contributed by atoms with E-state index in [1.54, 1.807) is 12.1 Å². The van der Waals surface area contributed by atoms with Crippen molar-refractivity contribution < 1.29 is 9.21 Å². The second-order valence-corrected chi connectivity index (χ2v) is 5.45. The number of amides is 1. The maximum Gasteiger partial charge on any atom is 0.289 e. The Morgan fingerprint density at radius 1 is 1.29 bits per heavy atom. The van der Waals surface area contributed by atoms with Gasteiger partial charge in [0.1, 0.15) is 0 Å². The van der Waals surface area contributed by atoms with Crippen LogP contribution >= 0.6 is 15.9 Å². The molecular weight excluding hydrogens is 282 g/mol. The standard InChI is InChI=1S/C13H18BrNO2/c1-15(10-6-4-2-3-5-7-10)13(16)11-8-9-12(14)17-11/h8-10H,2-7H2,1H3. The first-order valence-corrected chi connectivity index (χ1v) is 7.00. The zero-order valence-corrected chi connectivity index (χ0v) is 11.7. The summed E-state index contributed by atoms with van der Waals surface area (Å²) in [5.41, 5.74) is 0. The Labute approximate surface area is 110 Å². The molecule has 0 N–H and O–H groups in total. The molecule has 0 saturated heterocycles. The fourth-order valence-electron chi connectivity index (χ4n) is 2.41. The molecule has 0 unspecified atom stereocenters. The summed E-state index contributed by atoms with van der Waals surface area (Å²) in [6.45, 7) is 0. The Morgan fingerprint density at radius 3 is 2.47 bits per heavy atom. The SMILES string of the molecule is CN(C(=O)c1ccc(Br)o1)C1CCCCCC1. The van der Waals surface area contributed by atoms with Gasteiger partial charge in [-0.05, 0) is 40.9 Å². The predicted octanol–water partition coefficient (Wildman–Crippen LogP) is 3.84. The van der Waals surface area contributed by atoms with E-state index in [0.29, 0.717) is 16.5 Å². The van der Waals surface area contributed by atoms with Gasteiger partial charge in [-0.1, -0.05) is 25.7 Å². The highest BCUT2D eigenvalue weighted by molar-refractivity contribution is 9.10. The third-order valence-electron chi connectivity index (χ3n) is 3.48. The van der Waals surface area contributed by atoms with Crippen LogP contribution in [0.2, 0.25) is 0 Å². The van der Waals surface area contributed by atoms with Crippen molar-refractivity contribution in [1.82, 2.24) is 4.90 Å². The lowest BCUT2D eigenvalue weighted by molar-refractivity contribution is 0.0684. The third-order valence-corrected chi connectivity index (χ3v) is 3.90. The molecule has 1 fully saturated rings. The molecule has 1 aromatic heterocycles. The number of rotatable bonds is 2. The highest BCUT2D eigenvalue weighted by atomic mass is 79.9. The van der Waals surface area contributed by atoms with Gasteiger partial charge in [-0.3, -0.25) is 4.79 Å². The number of furan rings is 1. The van der Waals surface area contributed by atoms with Gasteiger partial charge in [0, 0.05) is 13.1 Å².